The van der Waals surface area contributed by atoms with E-state index in [1.54, 1.807) is 0 Å². The number of aromatic nitrogens is 1. The molecule has 0 radical (unpaired) electrons. The van der Waals surface area contributed by atoms with E-state index in [1.807, 2.05) is 12.1 Å². The molecule has 0 aliphatic rings. The molecule has 3 aromatic heterocycles. The van der Waals surface area contributed by atoms with Crippen LogP contribution in [0.15, 0.2) is 191 Å². The van der Waals surface area contributed by atoms with Crippen molar-refractivity contribution in [2.24, 2.45) is 0 Å². The minimum atomic E-state index is 0.839. The lowest BCUT2D eigenvalue weighted by atomic mass is 9.98. The van der Waals surface area contributed by atoms with Crippen LogP contribution in [0.3, 0.4) is 0 Å². The van der Waals surface area contributed by atoms with Gasteiger partial charge >= 0.3 is 0 Å². The molecular formula is C50H30N2O2. The summed E-state index contributed by atoms with van der Waals surface area (Å²) in [6.07, 6.45) is 0. The van der Waals surface area contributed by atoms with Crippen molar-refractivity contribution in [2.45, 2.75) is 0 Å². The molecular weight excluding hydrogens is 661 g/mol. The van der Waals surface area contributed by atoms with Crippen LogP contribution in [-0.2, 0) is 0 Å². The predicted octanol–water partition coefficient (Wildman–Crippen LogP) is 14.4. The number of furan rings is 2. The second-order valence-corrected chi connectivity index (χ2v) is 14.1. The van der Waals surface area contributed by atoms with Gasteiger partial charge in [-0.3, -0.25) is 0 Å². The number of anilines is 3. The molecule has 252 valence electrons. The first-order chi connectivity index (χ1) is 26.8. The van der Waals surface area contributed by atoms with Gasteiger partial charge in [0.1, 0.15) is 16.7 Å². The fraction of sp³-hybridized carbons (Fsp3) is 0. The monoisotopic (exact) mass is 690 g/mol. The Bertz CT molecular complexity index is 3460. The van der Waals surface area contributed by atoms with Gasteiger partial charge in [-0.2, -0.15) is 0 Å². The van der Waals surface area contributed by atoms with Crippen molar-refractivity contribution in [1.82, 2.24) is 4.57 Å². The van der Waals surface area contributed by atoms with Gasteiger partial charge in [-0.25, -0.2) is 0 Å². The maximum atomic E-state index is 7.02. The first-order valence-corrected chi connectivity index (χ1v) is 18.3. The summed E-state index contributed by atoms with van der Waals surface area (Å²) in [5.74, 6) is 0. The number of rotatable bonds is 4. The fourth-order valence-corrected chi connectivity index (χ4v) is 8.77. The molecule has 0 saturated carbocycles. The summed E-state index contributed by atoms with van der Waals surface area (Å²) in [7, 11) is 0. The van der Waals surface area contributed by atoms with Crippen molar-refractivity contribution in [3.05, 3.63) is 182 Å². The van der Waals surface area contributed by atoms with Gasteiger partial charge in [0.2, 0.25) is 0 Å². The van der Waals surface area contributed by atoms with Crippen molar-refractivity contribution in [1.29, 1.82) is 0 Å². The quantitative estimate of drug-likeness (QED) is 0.184. The Kier molecular flexibility index (Phi) is 6.02. The number of fused-ring (bicyclic) bond motifs is 13. The number of nitrogens with zero attached hydrogens (tertiary/aromatic N) is 2. The molecule has 3 heterocycles. The molecule has 0 aliphatic carbocycles. The molecule has 0 amide bonds. The van der Waals surface area contributed by atoms with E-state index < -0.39 is 0 Å². The van der Waals surface area contributed by atoms with Gasteiger partial charge in [0, 0.05) is 49.8 Å². The molecule has 12 aromatic rings. The summed E-state index contributed by atoms with van der Waals surface area (Å²) in [4.78, 5) is 2.35. The third kappa shape index (κ3) is 4.13. The van der Waals surface area contributed by atoms with Crippen molar-refractivity contribution in [3.63, 3.8) is 0 Å². The van der Waals surface area contributed by atoms with E-state index in [4.69, 9.17) is 8.83 Å². The Morgan fingerprint density at radius 2 is 1.00 bits per heavy atom. The van der Waals surface area contributed by atoms with Gasteiger partial charge < -0.3 is 18.3 Å². The highest BCUT2D eigenvalue weighted by Gasteiger charge is 2.25. The first kappa shape index (κ1) is 29.3. The maximum Gasteiger partial charge on any atom is 0.160 e. The molecule has 0 aliphatic heterocycles. The molecule has 0 saturated heterocycles. The van der Waals surface area contributed by atoms with E-state index in [9.17, 15) is 0 Å². The Labute approximate surface area is 309 Å². The maximum absolute atomic E-state index is 7.02. The van der Waals surface area contributed by atoms with E-state index in [2.05, 4.69) is 179 Å². The molecule has 0 atom stereocenters. The highest BCUT2D eigenvalue weighted by Crippen LogP contribution is 2.48. The molecule has 0 fully saturated rings. The average Bonchev–Trinajstić information content (AvgIpc) is 3.91. The minimum Gasteiger partial charge on any atom is -0.456 e. The number of para-hydroxylation sites is 3. The van der Waals surface area contributed by atoms with Crippen LogP contribution in [0.2, 0.25) is 0 Å². The van der Waals surface area contributed by atoms with Gasteiger partial charge in [0.05, 0.1) is 22.4 Å². The van der Waals surface area contributed by atoms with Crippen molar-refractivity contribution in [3.8, 4) is 5.69 Å². The van der Waals surface area contributed by atoms with Crippen LogP contribution < -0.4 is 4.90 Å². The lowest BCUT2D eigenvalue weighted by molar-refractivity contribution is 0.667. The minimum absolute atomic E-state index is 0.839. The highest BCUT2D eigenvalue weighted by molar-refractivity contribution is 6.29. The summed E-state index contributed by atoms with van der Waals surface area (Å²) in [6.45, 7) is 0. The van der Waals surface area contributed by atoms with Crippen LogP contribution in [-0.4, -0.2) is 4.57 Å². The van der Waals surface area contributed by atoms with Crippen LogP contribution in [0, 0.1) is 0 Å². The Hall–Kier alpha value is -7.30. The van der Waals surface area contributed by atoms with Gasteiger partial charge in [-0.15, -0.1) is 0 Å². The number of hydrogen-bond acceptors (Lipinski definition) is 3. The SMILES string of the molecule is c1ccc(-n2c3ccccc3c3ccc(N(c4ccc5c(c4)oc4ccccc45)c4cc5ccccc5c5c4oc4ccc6ccccc6c45)cc32)cc1. The average molecular weight is 691 g/mol. The number of hydrogen-bond donors (Lipinski definition) is 0. The van der Waals surface area contributed by atoms with Crippen LogP contribution in [0.4, 0.5) is 17.1 Å². The topological polar surface area (TPSA) is 34.5 Å². The molecule has 0 bridgehead atoms. The van der Waals surface area contributed by atoms with Crippen LogP contribution >= 0.6 is 0 Å². The molecule has 12 rings (SSSR count). The third-order valence-electron chi connectivity index (χ3n) is 11.1. The van der Waals surface area contributed by atoms with Gasteiger partial charge in [0.15, 0.2) is 5.58 Å². The van der Waals surface area contributed by atoms with Crippen LogP contribution in [0.5, 0.6) is 0 Å². The van der Waals surface area contributed by atoms with Crippen molar-refractivity contribution >= 4 is 104 Å². The zero-order chi connectivity index (χ0) is 35.3. The van der Waals surface area contributed by atoms with Crippen molar-refractivity contribution in [2.75, 3.05) is 4.90 Å². The van der Waals surface area contributed by atoms with Crippen LogP contribution in [0.25, 0.3) is 92.9 Å². The fourth-order valence-electron chi connectivity index (χ4n) is 8.77. The second-order valence-electron chi connectivity index (χ2n) is 14.1. The van der Waals surface area contributed by atoms with E-state index in [-0.39, 0.29) is 0 Å². The Morgan fingerprint density at radius 3 is 1.85 bits per heavy atom. The van der Waals surface area contributed by atoms with Crippen molar-refractivity contribution < 1.29 is 8.83 Å². The first-order valence-electron chi connectivity index (χ1n) is 18.3. The third-order valence-corrected chi connectivity index (χ3v) is 11.1. The van der Waals surface area contributed by atoms with E-state index >= 15 is 0 Å². The molecule has 4 nitrogen and oxygen atoms in total. The normalized spacial score (nSPS) is 12.1. The largest absolute Gasteiger partial charge is 0.456 e. The highest BCUT2D eigenvalue weighted by atomic mass is 16.3. The van der Waals surface area contributed by atoms with E-state index in [0.29, 0.717) is 0 Å². The zero-order valence-corrected chi connectivity index (χ0v) is 29.0. The smallest absolute Gasteiger partial charge is 0.160 e. The van der Waals surface area contributed by atoms with E-state index in [1.165, 1.54) is 32.4 Å². The molecule has 0 unspecified atom stereocenters. The molecule has 54 heavy (non-hydrogen) atoms. The van der Waals surface area contributed by atoms with Gasteiger partial charge in [-0.1, -0.05) is 115 Å². The summed E-state index contributed by atoms with van der Waals surface area (Å²) in [6, 6.07) is 64.8. The summed E-state index contributed by atoms with van der Waals surface area (Å²) < 4.78 is 15.9. The summed E-state index contributed by atoms with van der Waals surface area (Å²) in [5, 5.41) is 11.5. The lowest BCUT2D eigenvalue weighted by Gasteiger charge is -2.26. The zero-order valence-electron chi connectivity index (χ0n) is 29.0. The van der Waals surface area contributed by atoms with Gasteiger partial charge in [0.25, 0.3) is 0 Å². The summed E-state index contributed by atoms with van der Waals surface area (Å²) in [5.41, 5.74) is 9.79. The molecule has 4 heteroatoms. The molecule has 0 spiro atoms. The summed E-state index contributed by atoms with van der Waals surface area (Å²) >= 11 is 0. The second kappa shape index (κ2) is 11.1. The predicted molar refractivity (Wildman–Crippen MR) is 225 cm³/mol. The van der Waals surface area contributed by atoms with E-state index in [0.717, 1.165) is 77.5 Å². The molecule has 0 N–H and O–H groups in total. The Balaban J connectivity index is 1.21. The lowest BCUT2D eigenvalue weighted by Crippen LogP contribution is -2.10. The Morgan fingerprint density at radius 1 is 0.370 bits per heavy atom. The van der Waals surface area contributed by atoms with Crippen LogP contribution in [0.1, 0.15) is 0 Å². The van der Waals surface area contributed by atoms with Gasteiger partial charge in [-0.05, 0) is 82.2 Å². The molecule has 9 aromatic carbocycles. The standard InChI is InChI=1S/C50H30N2O2/c1-2-14-33(15-3-1)52-42-20-10-8-18-38(42)39-25-23-34(29-43(39)52)51(35-24-26-41-40-19-9-11-21-45(40)53-47(41)30-35)44-28-32-13-5-7-17-37(32)49-48-36-16-6-4-12-31(36)22-27-46(48)54-50(44)49/h1-30H. The number of benzene rings is 9.